The normalized spacial score (nSPS) is 47.3. The molecule has 13 rings (SSSR count). The van der Waals surface area contributed by atoms with Crippen molar-refractivity contribution in [3.05, 3.63) is 58.2 Å². The summed E-state index contributed by atoms with van der Waals surface area (Å²) >= 11 is 0. The molecule has 414 valence electrons. The van der Waals surface area contributed by atoms with E-state index in [1.54, 1.807) is 27.4 Å². The largest absolute Gasteiger partial charge is 0.369 e. The first kappa shape index (κ1) is 53.9. The highest BCUT2D eigenvalue weighted by Gasteiger charge is 2.63. The van der Waals surface area contributed by atoms with Crippen LogP contribution in [0.1, 0.15) is 189 Å². The predicted octanol–water partition coefficient (Wildman–Crippen LogP) is 11.9. The Bertz CT molecular complexity index is 2410. The van der Waals surface area contributed by atoms with Crippen molar-refractivity contribution in [2.75, 3.05) is 26.2 Å². The minimum Gasteiger partial charge on any atom is -0.369 e. The highest BCUT2D eigenvalue weighted by atomic mass is 16.7. The molecule has 20 atom stereocenters. The number of hydroxylamine groups is 4. The molecule has 11 nitrogen and oxygen atoms in total. The standard InChI is InChI=1S/C35H48N2O4.C28H44N2O3.CH4/c1-21-16-30-32(37(20-21)41-33(39)24-8-6-5-7-9-24)23(3)35(40-30)15-12-26-27-11-10-25-19-36-31(38)13-14-34(25,4)29(27)17-28(26)22(2)18-35;1-16-11-24-26(30(32)15-16)18(3)28(33-24)10-7-20-21-6-5-19-14-29-25(31)8-9-27(19,4)23(21)12-22(20)17(2)13-28;/h5-9,21,23,25-27,29-30,32H,10-20H2,1-4H3,(H,36,38);16,18-21,23-24,26,32H,5-15H2,1-4H3,(H,29,31);1H4/t21-,23+,25+,26-,27-,29-,30+,32-,34-,35-;16-,18+,19+,20-,21-,23-,24+,26-,27-,28-;/m00./s1. The monoisotopic (exact) mass is 1030 g/mol. The molecule has 6 aliphatic heterocycles. The number of allylic oxidation sites excluding steroid dienone is 2. The van der Waals surface area contributed by atoms with Crippen LogP contribution in [-0.2, 0) is 23.9 Å². The SMILES string of the molecule is C.CC1=C2C[C@H]3[C@@H](CC[C@@H]4CNC(=O)CC[C@@]43C)[C@@H]2CC[C@@]2(C1)O[C@@H]1C[C@H](C)CN(O)[C@H]1[C@H]2C.CC1=C2C[C@H]3[C@@H](CC[C@@H]4CNC(=O)CC[C@@]43C)[C@@H]2CC[C@@]2(C1)O[C@@H]1C[C@H](C)CN(OC(=O)c3ccccc3)[C@H]1[C@H]2C. The molecule has 3 N–H and O–H groups in total. The molecule has 10 fully saturated rings. The molecule has 6 heterocycles. The van der Waals surface area contributed by atoms with E-state index >= 15 is 0 Å². The third-order valence-corrected chi connectivity index (χ3v) is 24.3. The van der Waals surface area contributed by atoms with Crippen LogP contribution in [0.2, 0.25) is 0 Å². The lowest BCUT2D eigenvalue weighted by atomic mass is 9.55. The number of benzene rings is 1. The van der Waals surface area contributed by atoms with E-state index < -0.39 is 0 Å². The first-order valence-corrected chi connectivity index (χ1v) is 30.2. The Kier molecular flexibility index (Phi) is 14.5. The summed E-state index contributed by atoms with van der Waals surface area (Å²) in [7, 11) is 0. The zero-order valence-corrected chi connectivity index (χ0v) is 46.5. The average Bonchev–Trinajstić information content (AvgIpc) is 3.98. The molecule has 6 aliphatic carbocycles. The van der Waals surface area contributed by atoms with Gasteiger partial charge in [0.15, 0.2) is 0 Å². The van der Waals surface area contributed by atoms with Crippen molar-refractivity contribution in [1.82, 2.24) is 20.8 Å². The van der Waals surface area contributed by atoms with Crippen molar-refractivity contribution in [3.63, 3.8) is 0 Å². The van der Waals surface area contributed by atoms with E-state index in [4.69, 9.17) is 14.3 Å². The van der Waals surface area contributed by atoms with Gasteiger partial charge in [-0.2, -0.15) is 5.06 Å². The van der Waals surface area contributed by atoms with Gasteiger partial charge in [-0.3, -0.25) is 9.59 Å². The molecule has 0 unspecified atom stereocenters. The van der Waals surface area contributed by atoms with Gasteiger partial charge in [-0.05, 0) is 199 Å². The number of nitrogens with zero attached hydrogens (tertiary/aromatic N) is 2. The molecule has 2 amide bonds. The van der Waals surface area contributed by atoms with Crippen LogP contribution in [0, 0.1) is 81.8 Å². The number of fused-ring (bicyclic) bond motifs is 12. The Morgan fingerprint density at radius 1 is 0.667 bits per heavy atom. The molecule has 4 saturated carbocycles. The molecule has 2 spiro atoms. The maximum absolute atomic E-state index is 13.1. The van der Waals surface area contributed by atoms with Crippen molar-refractivity contribution in [1.29, 1.82) is 0 Å². The van der Waals surface area contributed by atoms with E-state index in [0.717, 1.165) is 95.3 Å². The Labute approximate surface area is 450 Å². The molecule has 0 radical (unpaired) electrons. The summed E-state index contributed by atoms with van der Waals surface area (Å²) in [5.41, 5.74) is 7.42. The van der Waals surface area contributed by atoms with Crippen molar-refractivity contribution in [2.45, 2.75) is 214 Å². The second-order valence-corrected chi connectivity index (χ2v) is 28.0. The molecule has 11 heteroatoms. The summed E-state index contributed by atoms with van der Waals surface area (Å²) in [5.74, 6) is 7.27. The number of carbonyl (C=O) groups excluding carboxylic acids is 3. The van der Waals surface area contributed by atoms with Crippen LogP contribution in [0.25, 0.3) is 0 Å². The van der Waals surface area contributed by atoms with Gasteiger partial charge in [-0.1, -0.05) is 89.5 Å². The zero-order valence-electron chi connectivity index (χ0n) is 46.5. The number of piperidine rings is 2. The molecular weight excluding hydrogens is 937 g/mol. The molecule has 0 bridgehead atoms. The maximum Gasteiger partial charge on any atom is 0.357 e. The summed E-state index contributed by atoms with van der Waals surface area (Å²) < 4.78 is 14.1. The van der Waals surface area contributed by atoms with Gasteiger partial charge < -0.3 is 30.2 Å². The molecule has 12 aliphatic rings. The quantitative estimate of drug-likeness (QED) is 0.248. The fourth-order valence-corrected chi connectivity index (χ4v) is 20.3. The second-order valence-electron chi connectivity index (χ2n) is 28.0. The smallest absolute Gasteiger partial charge is 0.357 e. The second kappa shape index (κ2) is 20.2. The van der Waals surface area contributed by atoms with Gasteiger partial charge in [-0.25, -0.2) is 4.79 Å². The molecule has 1 aromatic rings. The third kappa shape index (κ3) is 9.05. The third-order valence-electron chi connectivity index (χ3n) is 24.3. The molecule has 0 aromatic heterocycles. The lowest BCUT2D eigenvalue weighted by Crippen LogP contribution is -2.52. The van der Waals surface area contributed by atoms with Crippen molar-refractivity contribution in [3.8, 4) is 0 Å². The topological polar surface area (TPSA) is 130 Å². The number of carbonyl (C=O) groups is 3. The summed E-state index contributed by atoms with van der Waals surface area (Å²) in [6.45, 7) is 22.3. The number of hydrogen-bond acceptors (Lipinski definition) is 9. The van der Waals surface area contributed by atoms with Gasteiger partial charge in [0.2, 0.25) is 11.8 Å². The lowest BCUT2D eigenvalue weighted by molar-refractivity contribution is -0.182. The van der Waals surface area contributed by atoms with E-state index in [1.807, 2.05) is 35.4 Å². The van der Waals surface area contributed by atoms with E-state index in [2.05, 4.69) is 66.0 Å². The number of hydrogen-bond donors (Lipinski definition) is 3. The minimum atomic E-state index is -0.272. The Hall–Kier alpha value is -3.09. The van der Waals surface area contributed by atoms with E-state index in [-0.39, 0.29) is 72.0 Å². The summed E-state index contributed by atoms with van der Waals surface area (Å²) in [6, 6.07) is 9.59. The molecule has 6 saturated heterocycles. The summed E-state index contributed by atoms with van der Waals surface area (Å²) in [6.07, 6.45) is 20.0. The molecule has 1 aromatic carbocycles. The van der Waals surface area contributed by atoms with Crippen LogP contribution in [0.4, 0.5) is 0 Å². The highest BCUT2D eigenvalue weighted by molar-refractivity contribution is 5.89. The first-order chi connectivity index (χ1) is 35.4. The van der Waals surface area contributed by atoms with Crippen molar-refractivity contribution < 1.29 is 33.9 Å². The summed E-state index contributed by atoms with van der Waals surface area (Å²) in [4.78, 5) is 43.7. The van der Waals surface area contributed by atoms with Gasteiger partial charge in [0.05, 0.1) is 41.1 Å². The van der Waals surface area contributed by atoms with Crippen LogP contribution >= 0.6 is 0 Å². The van der Waals surface area contributed by atoms with Gasteiger partial charge in [-0.15, -0.1) is 5.06 Å². The Balaban J connectivity index is 0.000000162. The van der Waals surface area contributed by atoms with Crippen LogP contribution in [0.3, 0.4) is 0 Å². The Morgan fingerprint density at radius 3 is 1.67 bits per heavy atom. The fraction of sp³-hybridized carbons (Fsp3) is 0.797. The average molecular weight is 1030 g/mol. The van der Waals surface area contributed by atoms with Gasteiger partial charge in [0, 0.05) is 50.9 Å². The van der Waals surface area contributed by atoms with E-state index in [9.17, 15) is 19.6 Å². The molecular formula is C64H96N4O7. The van der Waals surface area contributed by atoms with Crippen LogP contribution in [0.15, 0.2) is 52.6 Å². The van der Waals surface area contributed by atoms with Gasteiger partial charge in [0.1, 0.15) is 0 Å². The number of nitrogens with one attached hydrogen (secondary N) is 2. The van der Waals surface area contributed by atoms with Crippen molar-refractivity contribution >= 4 is 17.8 Å². The highest BCUT2D eigenvalue weighted by Crippen LogP contribution is 2.66. The predicted molar refractivity (Wildman–Crippen MR) is 292 cm³/mol. The van der Waals surface area contributed by atoms with Gasteiger partial charge in [0.25, 0.3) is 0 Å². The fourth-order valence-electron chi connectivity index (χ4n) is 20.3. The minimum absolute atomic E-state index is 0. The number of ether oxygens (including phenoxy) is 2. The van der Waals surface area contributed by atoms with E-state index in [0.29, 0.717) is 71.2 Å². The Morgan fingerprint density at radius 2 is 1.15 bits per heavy atom. The number of rotatable bonds is 2. The van der Waals surface area contributed by atoms with E-state index in [1.165, 1.54) is 51.4 Å². The molecule has 75 heavy (non-hydrogen) atoms. The number of amides is 2. The van der Waals surface area contributed by atoms with Gasteiger partial charge >= 0.3 is 5.97 Å². The van der Waals surface area contributed by atoms with Crippen LogP contribution in [-0.4, -0.2) is 94.8 Å². The maximum atomic E-state index is 13.1. The van der Waals surface area contributed by atoms with Crippen molar-refractivity contribution in [2.24, 2.45) is 81.8 Å². The van der Waals surface area contributed by atoms with Crippen LogP contribution in [0.5, 0.6) is 0 Å². The lowest BCUT2D eigenvalue weighted by Gasteiger charge is -2.49. The van der Waals surface area contributed by atoms with Crippen LogP contribution < -0.4 is 10.6 Å². The zero-order chi connectivity index (χ0) is 51.6. The first-order valence-electron chi connectivity index (χ1n) is 30.2. The summed E-state index contributed by atoms with van der Waals surface area (Å²) in [5, 5.41) is 20.8.